The molecule has 0 atom stereocenters. The van der Waals surface area contributed by atoms with E-state index in [1.807, 2.05) is 61.2 Å². The summed E-state index contributed by atoms with van der Waals surface area (Å²) in [6, 6.07) is 12.9. The van der Waals surface area contributed by atoms with Gasteiger partial charge in [-0.15, -0.1) is 0 Å². The van der Waals surface area contributed by atoms with Crippen LogP contribution in [0.15, 0.2) is 84.1 Å². The Morgan fingerprint density at radius 1 is 1.16 bits per heavy atom. The second-order valence-electron chi connectivity index (χ2n) is 7.37. The van der Waals surface area contributed by atoms with Crippen molar-refractivity contribution in [2.24, 2.45) is 0 Å². The Morgan fingerprint density at radius 2 is 1.97 bits per heavy atom. The van der Waals surface area contributed by atoms with E-state index in [9.17, 15) is 4.79 Å². The van der Waals surface area contributed by atoms with Crippen LogP contribution in [0, 0.1) is 0 Å². The van der Waals surface area contributed by atoms with E-state index in [0.717, 1.165) is 28.1 Å². The largest absolute Gasteiger partial charge is 0.497 e. The van der Waals surface area contributed by atoms with Crippen molar-refractivity contribution in [1.82, 2.24) is 15.0 Å². The highest BCUT2D eigenvalue weighted by Crippen LogP contribution is 2.26. The molecule has 2 aromatic heterocycles. The van der Waals surface area contributed by atoms with Gasteiger partial charge in [-0.1, -0.05) is 17.9 Å². The van der Waals surface area contributed by atoms with Gasteiger partial charge in [-0.05, 0) is 55.3 Å². The molecule has 1 N–H and O–H groups in total. The molecule has 3 heterocycles. The van der Waals surface area contributed by atoms with Gasteiger partial charge in [-0.25, -0.2) is 4.98 Å². The quantitative estimate of drug-likeness (QED) is 0.585. The molecule has 0 aliphatic carbocycles. The van der Waals surface area contributed by atoms with Crippen LogP contribution in [-0.2, 0) is 11.2 Å². The van der Waals surface area contributed by atoms with Crippen molar-refractivity contribution in [2.45, 2.75) is 20.3 Å². The second kappa shape index (κ2) is 9.29. The van der Waals surface area contributed by atoms with Crippen LogP contribution in [0.5, 0.6) is 5.75 Å². The lowest BCUT2D eigenvalue weighted by molar-refractivity contribution is -0.115. The summed E-state index contributed by atoms with van der Waals surface area (Å²) in [5.74, 6) is 1.44. The Kier molecular flexibility index (Phi) is 6.10. The number of ether oxygens (including phenoxy) is 1. The average molecular weight is 425 g/mol. The Bertz CT molecular complexity index is 1230. The molecule has 0 bridgehead atoms. The van der Waals surface area contributed by atoms with Crippen LogP contribution in [0.1, 0.15) is 19.4 Å². The molecule has 1 amide bonds. The van der Waals surface area contributed by atoms with Crippen LogP contribution < -0.4 is 15.0 Å². The van der Waals surface area contributed by atoms with Crippen LogP contribution in [0.4, 0.5) is 11.8 Å². The molecule has 32 heavy (non-hydrogen) atoms. The molecule has 4 rings (SSSR count). The average Bonchev–Trinajstić information content (AvgIpc) is 2.80. The molecule has 160 valence electrons. The molecule has 0 saturated heterocycles. The van der Waals surface area contributed by atoms with Crippen LogP contribution >= 0.6 is 0 Å². The standard InChI is InChI=1S/C25H23N5O2/c1-17-10-12-30(18(2)13-17)25-27-22(20-5-4-11-26-16-20)15-23(29-25)28-24(31)14-19-6-8-21(32-3)9-7-19/h4-9,11-13,15-16H,14H2,1-3H3,(H,27,28,29,31). The first-order chi connectivity index (χ1) is 15.5. The molecule has 0 fully saturated rings. The van der Waals surface area contributed by atoms with E-state index in [0.29, 0.717) is 17.5 Å². The molecular weight excluding hydrogens is 402 g/mol. The summed E-state index contributed by atoms with van der Waals surface area (Å²) >= 11 is 0. The number of rotatable bonds is 6. The second-order valence-corrected chi connectivity index (χ2v) is 7.37. The number of benzene rings is 1. The molecule has 0 radical (unpaired) electrons. The number of aromatic nitrogens is 3. The third kappa shape index (κ3) is 4.91. The van der Waals surface area contributed by atoms with Crippen molar-refractivity contribution in [3.63, 3.8) is 0 Å². The number of hydrogen-bond acceptors (Lipinski definition) is 6. The predicted molar refractivity (Wildman–Crippen MR) is 124 cm³/mol. The molecule has 0 unspecified atom stereocenters. The van der Waals surface area contributed by atoms with Gasteiger partial charge in [0, 0.05) is 29.7 Å². The first-order valence-corrected chi connectivity index (χ1v) is 10.1. The molecule has 3 aromatic rings. The molecule has 0 saturated carbocycles. The van der Waals surface area contributed by atoms with Gasteiger partial charge < -0.3 is 10.1 Å². The topological polar surface area (TPSA) is 80.2 Å². The van der Waals surface area contributed by atoms with Crippen molar-refractivity contribution in [2.75, 3.05) is 17.3 Å². The predicted octanol–water partition coefficient (Wildman–Crippen LogP) is 4.51. The van der Waals surface area contributed by atoms with Crippen molar-refractivity contribution >= 4 is 17.7 Å². The Labute approximate surface area is 186 Å². The van der Waals surface area contributed by atoms with Crippen LogP contribution in [0.3, 0.4) is 0 Å². The number of allylic oxidation sites excluding steroid dienone is 3. The number of amides is 1. The number of methoxy groups -OCH3 is 1. The van der Waals surface area contributed by atoms with Gasteiger partial charge in [0.25, 0.3) is 0 Å². The fourth-order valence-corrected chi connectivity index (χ4v) is 3.29. The lowest BCUT2D eigenvalue weighted by Crippen LogP contribution is -2.20. The SMILES string of the molecule is COc1ccc(CC(=O)Nc2cc(-c3cccnc3)nc(N3C=C=C(C)C=C3C)n2)cc1. The molecule has 7 nitrogen and oxygen atoms in total. The monoisotopic (exact) mass is 425 g/mol. The van der Waals surface area contributed by atoms with Crippen molar-refractivity contribution in [3.05, 3.63) is 89.7 Å². The van der Waals surface area contributed by atoms with Gasteiger partial charge in [0.15, 0.2) is 0 Å². The molecular formula is C25H23N5O2. The zero-order chi connectivity index (χ0) is 22.5. The van der Waals surface area contributed by atoms with Gasteiger partial charge in [-0.3, -0.25) is 14.7 Å². The number of hydrogen-bond donors (Lipinski definition) is 1. The highest BCUT2D eigenvalue weighted by atomic mass is 16.5. The Morgan fingerprint density at radius 3 is 2.66 bits per heavy atom. The van der Waals surface area contributed by atoms with Crippen molar-refractivity contribution < 1.29 is 9.53 Å². The highest BCUT2D eigenvalue weighted by Gasteiger charge is 2.16. The third-order valence-electron chi connectivity index (χ3n) is 4.91. The van der Waals surface area contributed by atoms with E-state index in [-0.39, 0.29) is 12.3 Å². The zero-order valence-electron chi connectivity index (χ0n) is 18.2. The van der Waals surface area contributed by atoms with Gasteiger partial charge in [-0.2, -0.15) is 4.98 Å². The van der Waals surface area contributed by atoms with E-state index in [4.69, 9.17) is 9.72 Å². The summed E-state index contributed by atoms with van der Waals surface area (Å²) in [4.78, 5) is 28.0. The maximum atomic E-state index is 12.7. The van der Waals surface area contributed by atoms with E-state index in [1.165, 1.54) is 0 Å². The normalized spacial score (nSPS) is 12.8. The number of carbonyl (C=O) groups excluding carboxylic acids is 1. The fraction of sp³-hybridized carbons (Fsp3) is 0.160. The minimum atomic E-state index is -0.172. The Balaban J connectivity index is 1.64. The minimum Gasteiger partial charge on any atom is -0.497 e. The minimum absolute atomic E-state index is 0.172. The summed E-state index contributed by atoms with van der Waals surface area (Å²) in [6.45, 7) is 3.96. The lowest BCUT2D eigenvalue weighted by Gasteiger charge is -2.21. The molecule has 0 spiro atoms. The van der Waals surface area contributed by atoms with Crippen molar-refractivity contribution in [1.29, 1.82) is 0 Å². The first-order valence-electron chi connectivity index (χ1n) is 10.1. The molecule has 1 aromatic carbocycles. The zero-order valence-corrected chi connectivity index (χ0v) is 18.2. The summed E-state index contributed by atoms with van der Waals surface area (Å²) in [6.07, 6.45) is 7.46. The van der Waals surface area contributed by atoms with Gasteiger partial charge >= 0.3 is 0 Å². The first kappa shape index (κ1) is 21.0. The third-order valence-corrected chi connectivity index (χ3v) is 4.91. The van der Waals surface area contributed by atoms with E-state index >= 15 is 0 Å². The summed E-state index contributed by atoms with van der Waals surface area (Å²) in [7, 11) is 1.61. The number of carbonyl (C=O) groups is 1. The lowest BCUT2D eigenvalue weighted by atomic mass is 10.1. The van der Waals surface area contributed by atoms with Gasteiger partial charge in [0.2, 0.25) is 11.9 Å². The molecule has 7 heteroatoms. The highest BCUT2D eigenvalue weighted by molar-refractivity contribution is 5.92. The Hall–Kier alpha value is -4.22. The smallest absolute Gasteiger partial charge is 0.236 e. The number of pyridine rings is 1. The van der Waals surface area contributed by atoms with Gasteiger partial charge in [0.05, 0.1) is 25.4 Å². The number of nitrogens with one attached hydrogen (secondary N) is 1. The molecule has 1 aliphatic heterocycles. The number of anilines is 2. The summed E-state index contributed by atoms with van der Waals surface area (Å²) in [5.41, 5.74) is 7.53. The van der Waals surface area contributed by atoms with Crippen molar-refractivity contribution in [3.8, 4) is 17.0 Å². The van der Waals surface area contributed by atoms with E-state index < -0.39 is 0 Å². The van der Waals surface area contributed by atoms with E-state index in [1.54, 1.807) is 31.8 Å². The maximum absolute atomic E-state index is 12.7. The maximum Gasteiger partial charge on any atom is 0.236 e. The van der Waals surface area contributed by atoms with Crippen LogP contribution in [0.2, 0.25) is 0 Å². The summed E-state index contributed by atoms with van der Waals surface area (Å²) < 4.78 is 5.17. The number of nitrogens with zero attached hydrogens (tertiary/aromatic N) is 4. The van der Waals surface area contributed by atoms with Gasteiger partial charge in [0.1, 0.15) is 11.6 Å². The van der Waals surface area contributed by atoms with Crippen LogP contribution in [-0.4, -0.2) is 28.0 Å². The van der Waals surface area contributed by atoms with Crippen LogP contribution in [0.25, 0.3) is 11.3 Å². The fourth-order valence-electron chi connectivity index (χ4n) is 3.29. The molecule has 1 aliphatic rings. The van der Waals surface area contributed by atoms with E-state index in [2.05, 4.69) is 21.0 Å². The summed E-state index contributed by atoms with van der Waals surface area (Å²) in [5, 5.41) is 2.90.